The van der Waals surface area contributed by atoms with Crippen molar-refractivity contribution in [2.75, 3.05) is 12.3 Å². The van der Waals surface area contributed by atoms with E-state index in [-0.39, 0.29) is 6.10 Å². The van der Waals surface area contributed by atoms with Crippen LogP contribution < -0.4 is 5.73 Å². The first-order valence-electron chi connectivity index (χ1n) is 6.89. The summed E-state index contributed by atoms with van der Waals surface area (Å²) in [5, 5.41) is 4.03. The Labute approximate surface area is 119 Å². The Balaban J connectivity index is 2.14. The number of nitrogens with zero attached hydrogens (tertiary/aromatic N) is 2. The van der Waals surface area contributed by atoms with Crippen LogP contribution in [0, 0.1) is 5.92 Å². The number of hydrogen-bond donors (Lipinski definition) is 1. The molecule has 2 N–H and O–H groups in total. The summed E-state index contributed by atoms with van der Waals surface area (Å²) in [6.45, 7) is 6.73. The number of ether oxygens (including phenoxy) is 1. The van der Waals surface area contributed by atoms with Gasteiger partial charge in [-0.3, -0.25) is 0 Å². The fraction of sp³-hybridized carbons (Fsp3) is 0.467. The molecule has 0 aliphatic rings. The molecule has 0 spiro atoms. The first-order valence-corrected chi connectivity index (χ1v) is 6.89. The summed E-state index contributed by atoms with van der Waals surface area (Å²) in [6, 6.07) is 7.67. The van der Waals surface area contributed by atoms with Crippen LogP contribution >= 0.6 is 0 Å². The van der Waals surface area contributed by atoms with Gasteiger partial charge in [-0.05, 0) is 24.5 Å². The predicted octanol–water partition coefficient (Wildman–Crippen LogP) is 2.98. The molecule has 2 aromatic rings. The van der Waals surface area contributed by atoms with E-state index < -0.39 is 0 Å². The summed E-state index contributed by atoms with van der Waals surface area (Å²) in [5.41, 5.74) is 7.64. The van der Waals surface area contributed by atoms with E-state index in [0.717, 1.165) is 11.3 Å². The third kappa shape index (κ3) is 3.36. The number of aromatic nitrogens is 2. The summed E-state index contributed by atoms with van der Waals surface area (Å²) in [6.07, 6.45) is 0.405. The van der Waals surface area contributed by atoms with Crippen molar-refractivity contribution in [3.63, 3.8) is 0 Å². The lowest BCUT2D eigenvalue weighted by molar-refractivity contribution is 0.0217. The molecule has 0 saturated heterocycles. The fourth-order valence-corrected chi connectivity index (χ4v) is 2.06. The van der Waals surface area contributed by atoms with Gasteiger partial charge in [0.25, 0.3) is 0 Å². The van der Waals surface area contributed by atoms with Gasteiger partial charge in [0.05, 0.1) is 6.42 Å². The molecule has 0 aliphatic carbocycles. The van der Waals surface area contributed by atoms with E-state index in [1.54, 1.807) is 0 Å². The van der Waals surface area contributed by atoms with E-state index in [9.17, 15) is 0 Å². The Morgan fingerprint density at radius 1 is 1.30 bits per heavy atom. The molecule has 1 aromatic carbocycles. The van der Waals surface area contributed by atoms with Crippen molar-refractivity contribution in [2.24, 2.45) is 5.92 Å². The lowest BCUT2D eigenvalue weighted by Gasteiger charge is -2.16. The van der Waals surface area contributed by atoms with E-state index in [0.29, 0.717) is 30.7 Å². The molecule has 1 unspecified atom stereocenters. The Kier molecular flexibility index (Phi) is 4.74. The zero-order valence-electron chi connectivity index (χ0n) is 12.2. The van der Waals surface area contributed by atoms with Crippen molar-refractivity contribution < 1.29 is 9.26 Å². The Morgan fingerprint density at radius 2 is 2.05 bits per heavy atom. The molecule has 0 saturated carbocycles. The smallest absolute Gasteiger partial charge is 0.231 e. The minimum Gasteiger partial charge on any atom is -0.398 e. The molecule has 0 amide bonds. The molecule has 1 heterocycles. The third-order valence-corrected chi connectivity index (χ3v) is 3.09. The first-order chi connectivity index (χ1) is 9.61. The molecule has 108 valence electrons. The third-order valence-electron chi connectivity index (χ3n) is 3.09. The van der Waals surface area contributed by atoms with Crippen molar-refractivity contribution in [1.82, 2.24) is 10.1 Å². The molecular formula is C15H21N3O2. The summed E-state index contributed by atoms with van der Waals surface area (Å²) < 4.78 is 11.0. The topological polar surface area (TPSA) is 74.2 Å². The highest BCUT2D eigenvalue weighted by Gasteiger charge is 2.22. The van der Waals surface area contributed by atoms with Crippen LogP contribution in [-0.2, 0) is 11.2 Å². The van der Waals surface area contributed by atoms with Crippen molar-refractivity contribution in [3.8, 4) is 0 Å². The van der Waals surface area contributed by atoms with Crippen LogP contribution in [0.2, 0.25) is 0 Å². The van der Waals surface area contributed by atoms with Crippen molar-refractivity contribution in [1.29, 1.82) is 0 Å². The summed E-state index contributed by atoms with van der Waals surface area (Å²) in [5.74, 6) is 1.46. The van der Waals surface area contributed by atoms with E-state index in [2.05, 4.69) is 24.0 Å². The number of hydrogen-bond acceptors (Lipinski definition) is 5. The quantitative estimate of drug-likeness (QED) is 0.820. The van der Waals surface area contributed by atoms with E-state index in [1.807, 2.05) is 31.2 Å². The Hall–Kier alpha value is -1.88. The normalized spacial score (nSPS) is 12.8. The second-order valence-electron chi connectivity index (χ2n) is 5.04. The summed E-state index contributed by atoms with van der Waals surface area (Å²) >= 11 is 0. The zero-order valence-corrected chi connectivity index (χ0v) is 12.2. The molecule has 5 heteroatoms. The highest BCUT2D eigenvalue weighted by Crippen LogP contribution is 2.24. The van der Waals surface area contributed by atoms with Gasteiger partial charge in [-0.25, -0.2) is 0 Å². The van der Waals surface area contributed by atoms with Crippen LogP contribution in [0.3, 0.4) is 0 Å². The van der Waals surface area contributed by atoms with Gasteiger partial charge in [0.2, 0.25) is 11.7 Å². The van der Waals surface area contributed by atoms with Gasteiger partial charge in [-0.1, -0.05) is 37.2 Å². The molecule has 5 nitrogen and oxygen atoms in total. The molecule has 1 aromatic heterocycles. The maximum Gasteiger partial charge on any atom is 0.231 e. The predicted molar refractivity (Wildman–Crippen MR) is 77.2 cm³/mol. The van der Waals surface area contributed by atoms with Crippen LogP contribution in [0.1, 0.15) is 44.2 Å². The highest BCUT2D eigenvalue weighted by atomic mass is 16.5. The molecule has 0 bridgehead atoms. The van der Waals surface area contributed by atoms with Crippen molar-refractivity contribution in [2.45, 2.75) is 33.3 Å². The maximum atomic E-state index is 5.92. The van der Waals surface area contributed by atoms with E-state index in [1.165, 1.54) is 0 Å². The zero-order chi connectivity index (χ0) is 14.5. The fourth-order valence-electron chi connectivity index (χ4n) is 2.06. The van der Waals surface area contributed by atoms with Crippen molar-refractivity contribution in [3.05, 3.63) is 41.5 Å². The lowest BCUT2D eigenvalue weighted by atomic mass is 10.1. The molecule has 0 radical (unpaired) electrons. The minimum absolute atomic E-state index is 0.134. The molecule has 0 aliphatic heterocycles. The second-order valence-corrected chi connectivity index (χ2v) is 5.04. The van der Waals surface area contributed by atoms with Crippen LogP contribution in [0.25, 0.3) is 0 Å². The Bertz CT molecular complexity index is 552. The number of anilines is 1. The van der Waals surface area contributed by atoms with Gasteiger partial charge >= 0.3 is 0 Å². The van der Waals surface area contributed by atoms with Gasteiger partial charge in [0.15, 0.2) is 0 Å². The monoisotopic (exact) mass is 275 g/mol. The minimum atomic E-state index is -0.134. The molecule has 20 heavy (non-hydrogen) atoms. The first kappa shape index (κ1) is 14.5. The molecule has 2 rings (SSSR count). The number of para-hydroxylation sites is 1. The Morgan fingerprint density at radius 3 is 2.70 bits per heavy atom. The van der Waals surface area contributed by atoms with Crippen LogP contribution in [0.5, 0.6) is 0 Å². The van der Waals surface area contributed by atoms with E-state index >= 15 is 0 Å². The summed E-state index contributed by atoms with van der Waals surface area (Å²) in [4.78, 5) is 4.43. The SMILES string of the molecule is CCOC(c1noc(Cc2ccccc2N)n1)C(C)C. The number of benzene rings is 1. The standard InChI is InChI=1S/C15H21N3O2/c1-4-19-14(10(2)3)15-17-13(20-18-15)9-11-7-5-6-8-12(11)16/h5-8,10,14H,4,9,16H2,1-3H3. The van der Waals surface area contributed by atoms with Gasteiger partial charge in [-0.2, -0.15) is 4.98 Å². The molecule has 1 atom stereocenters. The number of rotatable bonds is 6. The van der Waals surface area contributed by atoms with Crippen LogP contribution in [0.15, 0.2) is 28.8 Å². The second kappa shape index (κ2) is 6.52. The average molecular weight is 275 g/mol. The average Bonchev–Trinajstić information content (AvgIpc) is 2.86. The van der Waals surface area contributed by atoms with Crippen LogP contribution in [-0.4, -0.2) is 16.7 Å². The maximum absolute atomic E-state index is 5.92. The van der Waals surface area contributed by atoms with Gasteiger partial charge < -0.3 is 15.0 Å². The highest BCUT2D eigenvalue weighted by molar-refractivity contribution is 5.47. The van der Waals surface area contributed by atoms with E-state index in [4.69, 9.17) is 15.0 Å². The van der Waals surface area contributed by atoms with Gasteiger partial charge in [0.1, 0.15) is 6.10 Å². The van der Waals surface area contributed by atoms with Crippen LogP contribution in [0.4, 0.5) is 5.69 Å². The van der Waals surface area contributed by atoms with Gasteiger partial charge in [0, 0.05) is 12.3 Å². The largest absolute Gasteiger partial charge is 0.398 e. The summed E-state index contributed by atoms with van der Waals surface area (Å²) in [7, 11) is 0. The van der Waals surface area contributed by atoms with Crippen molar-refractivity contribution >= 4 is 5.69 Å². The molecule has 0 fully saturated rings. The van der Waals surface area contributed by atoms with Gasteiger partial charge in [-0.15, -0.1) is 0 Å². The lowest BCUT2D eigenvalue weighted by Crippen LogP contribution is -2.12. The number of nitrogen functional groups attached to an aromatic ring is 1. The molecular weight excluding hydrogens is 254 g/mol. The number of nitrogens with two attached hydrogens (primary N) is 1.